The Hall–Kier alpha value is -3.92. The molecule has 10 heteroatoms. The Bertz CT molecular complexity index is 1300. The molecule has 1 fully saturated rings. The van der Waals surface area contributed by atoms with Crippen LogP contribution in [0.1, 0.15) is 47.3 Å². The fraction of sp³-hybridized carbons (Fsp3) is 0.321. The summed E-state index contributed by atoms with van der Waals surface area (Å²) in [4.78, 5) is 34.6. The average Bonchev–Trinajstić information content (AvgIpc) is 2.89. The molecule has 1 unspecified atom stereocenters. The van der Waals surface area contributed by atoms with Crippen LogP contribution in [0, 0.1) is 12.8 Å². The summed E-state index contributed by atoms with van der Waals surface area (Å²) in [6.45, 7) is 5.58. The molecule has 3 aromatic carbocycles. The van der Waals surface area contributed by atoms with Crippen LogP contribution in [0.5, 0.6) is 0 Å². The van der Waals surface area contributed by atoms with Gasteiger partial charge in [-0.15, -0.1) is 0 Å². The van der Waals surface area contributed by atoms with Gasteiger partial charge >= 0.3 is 12.1 Å². The van der Waals surface area contributed by atoms with E-state index in [0.717, 1.165) is 41.3 Å². The van der Waals surface area contributed by atoms with E-state index in [9.17, 15) is 22.8 Å². The number of hydrogen-bond donors (Lipinski definition) is 4. The predicted octanol–water partition coefficient (Wildman–Crippen LogP) is 5.21. The first kappa shape index (κ1) is 28.6. The molecule has 0 radical (unpaired) electrons. The molecule has 0 bridgehead atoms. The summed E-state index contributed by atoms with van der Waals surface area (Å²) >= 11 is 0. The third-order valence-corrected chi connectivity index (χ3v) is 6.30. The summed E-state index contributed by atoms with van der Waals surface area (Å²) < 4.78 is 31.7. The van der Waals surface area contributed by atoms with E-state index in [1.54, 1.807) is 6.07 Å². The maximum absolute atomic E-state index is 13.1. The smallest absolute Gasteiger partial charge is 0.475 e. The molecule has 4 rings (SSSR count). The van der Waals surface area contributed by atoms with Crippen LogP contribution in [0.4, 0.5) is 18.9 Å². The number of carboxylic acids is 1. The number of hydrogen-bond acceptors (Lipinski definition) is 4. The lowest BCUT2D eigenvalue weighted by Gasteiger charge is -2.22. The van der Waals surface area contributed by atoms with Crippen molar-refractivity contribution in [1.29, 1.82) is 0 Å². The Kier molecular flexibility index (Phi) is 9.46. The van der Waals surface area contributed by atoms with Crippen LogP contribution < -0.4 is 16.0 Å². The Morgan fingerprint density at radius 1 is 1.05 bits per heavy atom. The summed E-state index contributed by atoms with van der Waals surface area (Å²) in [6.07, 6.45) is -3.19. The number of benzene rings is 3. The predicted molar refractivity (Wildman–Crippen MR) is 139 cm³/mol. The SMILES string of the molecule is Cc1ccc(NC(=O)C2CCCNC2)cc1C(=O)N[C@H](C)c1cccc2ccccc12.O=C(O)C(F)(F)F. The van der Waals surface area contributed by atoms with Gasteiger partial charge in [-0.25, -0.2) is 4.79 Å². The van der Waals surface area contributed by atoms with E-state index in [2.05, 4.69) is 40.2 Å². The van der Waals surface area contributed by atoms with E-state index < -0.39 is 12.1 Å². The van der Waals surface area contributed by atoms with Crippen LogP contribution in [0.3, 0.4) is 0 Å². The average molecular weight is 530 g/mol. The lowest BCUT2D eigenvalue weighted by Crippen LogP contribution is -2.37. The first-order valence-electron chi connectivity index (χ1n) is 12.2. The van der Waals surface area contributed by atoms with Crippen molar-refractivity contribution in [1.82, 2.24) is 10.6 Å². The van der Waals surface area contributed by atoms with Gasteiger partial charge in [0.15, 0.2) is 0 Å². The van der Waals surface area contributed by atoms with Crippen LogP contribution in [-0.4, -0.2) is 42.2 Å². The molecule has 0 aromatic heterocycles. The maximum atomic E-state index is 13.1. The molecule has 2 atom stereocenters. The van der Waals surface area contributed by atoms with Gasteiger partial charge in [0.25, 0.3) is 5.91 Å². The van der Waals surface area contributed by atoms with Gasteiger partial charge in [-0.05, 0) is 67.3 Å². The number of fused-ring (bicyclic) bond motifs is 1. The minimum absolute atomic E-state index is 0.00605. The molecule has 0 aliphatic carbocycles. The van der Waals surface area contributed by atoms with Crippen LogP contribution in [0.25, 0.3) is 10.8 Å². The van der Waals surface area contributed by atoms with E-state index in [1.807, 2.05) is 44.2 Å². The van der Waals surface area contributed by atoms with Gasteiger partial charge < -0.3 is 21.1 Å². The number of amides is 2. The van der Waals surface area contributed by atoms with E-state index in [4.69, 9.17) is 9.90 Å². The number of nitrogens with one attached hydrogen (secondary N) is 3. The monoisotopic (exact) mass is 529 g/mol. The summed E-state index contributed by atoms with van der Waals surface area (Å²) in [7, 11) is 0. The quantitative estimate of drug-likeness (QED) is 0.363. The largest absolute Gasteiger partial charge is 0.490 e. The number of halogens is 3. The summed E-state index contributed by atoms with van der Waals surface area (Å²) in [5.74, 6) is -2.92. The number of carboxylic acid groups (broad SMARTS) is 1. The Balaban J connectivity index is 0.000000505. The standard InChI is InChI=1S/C26H29N3O2.C2HF3O2/c1-17-12-13-21(29-25(30)20-9-6-14-27-16-20)15-24(17)26(31)28-18(2)22-11-5-8-19-7-3-4-10-23(19)22;3-2(4,5)1(6)7/h3-5,7-8,10-13,15,18,20,27H,6,9,14,16H2,1-2H3,(H,28,31)(H,29,30);(H,6,7)/t18-,20?;/m1./s1. The van der Waals surface area contributed by atoms with E-state index in [0.29, 0.717) is 17.8 Å². The van der Waals surface area contributed by atoms with Gasteiger partial charge in [-0.3, -0.25) is 9.59 Å². The number of piperidine rings is 1. The van der Waals surface area contributed by atoms with Crippen molar-refractivity contribution in [3.63, 3.8) is 0 Å². The van der Waals surface area contributed by atoms with Crippen LogP contribution >= 0.6 is 0 Å². The van der Waals surface area contributed by atoms with Crippen LogP contribution in [-0.2, 0) is 9.59 Å². The first-order chi connectivity index (χ1) is 18.0. The third-order valence-electron chi connectivity index (χ3n) is 6.30. The van der Waals surface area contributed by atoms with Gasteiger partial charge in [0.05, 0.1) is 12.0 Å². The second-order valence-corrected chi connectivity index (χ2v) is 9.13. The van der Waals surface area contributed by atoms with Crippen molar-refractivity contribution in [2.75, 3.05) is 18.4 Å². The molecular formula is C28H30F3N3O4. The Morgan fingerprint density at radius 3 is 2.39 bits per heavy atom. The van der Waals surface area contributed by atoms with Crippen molar-refractivity contribution in [2.45, 2.75) is 38.9 Å². The highest BCUT2D eigenvalue weighted by Crippen LogP contribution is 2.25. The molecule has 3 aromatic rings. The number of aryl methyl sites for hydroxylation is 1. The summed E-state index contributed by atoms with van der Waals surface area (Å²) in [6, 6.07) is 19.7. The zero-order valence-corrected chi connectivity index (χ0v) is 21.1. The third kappa shape index (κ3) is 7.55. The molecule has 0 spiro atoms. The number of carbonyl (C=O) groups is 3. The first-order valence-corrected chi connectivity index (χ1v) is 12.2. The summed E-state index contributed by atoms with van der Waals surface area (Å²) in [5.41, 5.74) is 3.19. The van der Waals surface area contributed by atoms with Crippen LogP contribution in [0.15, 0.2) is 60.7 Å². The minimum Gasteiger partial charge on any atom is -0.475 e. The normalized spacial score (nSPS) is 16.1. The second-order valence-electron chi connectivity index (χ2n) is 9.13. The van der Waals surface area contributed by atoms with E-state index >= 15 is 0 Å². The molecule has 202 valence electrons. The van der Waals surface area contributed by atoms with Crippen molar-refractivity contribution >= 4 is 34.2 Å². The highest BCUT2D eigenvalue weighted by molar-refractivity contribution is 5.99. The minimum atomic E-state index is -5.08. The van der Waals surface area contributed by atoms with E-state index in [1.165, 1.54) is 0 Å². The molecule has 1 aliphatic heterocycles. The van der Waals surface area contributed by atoms with Gasteiger partial charge in [0.2, 0.25) is 5.91 Å². The van der Waals surface area contributed by atoms with Gasteiger partial charge in [-0.1, -0.05) is 48.5 Å². The lowest BCUT2D eigenvalue weighted by atomic mass is 9.98. The number of alkyl halides is 3. The van der Waals surface area contributed by atoms with Crippen molar-refractivity contribution in [3.8, 4) is 0 Å². The van der Waals surface area contributed by atoms with Crippen LogP contribution in [0.2, 0.25) is 0 Å². The maximum Gasteiger partial charge on any atom is 0.490 e. The highest BCUT2D eigenvalue weighted by Gasteiger charge is 2.38. The van der Waals surface area contributed by atoms with Crippen molar-refractivity contribution in [3.05, 3.63) is 77.4 Å². The second kappa shape index (κ2) is 12.6. The molecule has 2 amide bonds. The summed E-state index contributed by atoms with van der Waals surface area (Å²) in [5, 5.41) is 18.8. The highest BCUT2D eigenvalue weighted by atomic mass is 19.4. The molecule has 1 heterocycles. The zero-order chi connectivity index (χ0) is 27.9. The van der Waals surface area contributed by atoms with E-state index in [-0.39, 0.29) is 23.8 Å². The zero-order valence-electron chi connectivity index (χ0n) is 21.1. The number of anilines is 1. The van der Waals surface area contributed by atoms with Gasteiger partial charge in [-0.2, -0.15) is 13.2 Å². The fourth-order valence-corrected chi connectivity index (χ4v) is 4.24. The number of aliphatic carboxylic acids is 1. The van der Waals surface area contributed by atoms with Crippen molar-refractivity contribution in [2.24, 2.45) is 5.92 Å². The van der Waals surface area contributed by atoms with Crippen molar-refractivity contribution < 1.29 is 32.7 Å². The number of rotatable bonds is 5. The Labute approximate surface area is 218 Å². The molecule has 0 saturated carbocycles. The van der Waals surface area contributed by atoms with Gasteiger partial charge in [0, 0.05) is 17.8 Å². The molecule has 38 heavy (non-hydrogen) atoms. The Morgan fingerprint density at radius 2 is 1.74 bits per heavy atom. The molecule has 1 saturated heterocycles. The topological polar surface area (TPSA) is 108 Å². The van der Waals surface area contributed by atoms with Gasteiger partial charge in [0.1, 0.15) is 0 Å². The molecular weight excluding hydrogens is 499 g/mol. The molecule has 7 nitrogen and oxygen atoms in total. The molecule has 4 N–H and O–H groups in total. The molecule has 1 aliphatic rings. The fourth-order valence-electron chi connectivity index (χ4n) is 4.24. The number of carbonyl (C=O) groups excluding carboxylic acids is 2. The lowest BCUT2D eigenvalue weighted by molar-refractivity contribution is -0.192.